The lowest BCUT2D eigenvalue weighted by Crippen LogP contribution is -2.29. The first-order chi connectivity index (χ1) is 45.1. The zero-order valence-corrected chi connectivity index (χ0v) is 71.1. The summed E-state index contributed by atoms with van der Waals surface area (Å²) >= 11 is 0. The standard InChI is InChI=1S/2C12H22.C11H20.2C10H20.2C9H18.2C8H16.C7H14/c1-12(9-5-2-6-10-12)11-7-3-4-8-11;1-12(9-5-6-10-12)11-7-3-2-4-8-11;1-11(8-4-5-9-11)10-6-2-3-7-10;1-9(2,3)10(4)7-5-6-8-10;1-9(2)10(3)7-5-4-6-8-10;1-8(2)9(3)6-4-5-7-9;1-3-9(2)7-5-4-6-8-9;1-8(2)6-4-3-5-7-8;1-3-8(2)6-4-5-7-8;1-7(2)5-3-4-6-7/h2*11H,2-10H2,1H3;10H,2-9H2,1H3;5-8H2,1-4H3;9H,4-8H2,1-3H3;8H,4-7H2,1-3H3;3-8H2,1-2H3;2*3-7H2,1-2H3;3-6H2,1-2H3. The van der Waals surface area contributed by atoms with Crippen LogP contribution in [0.1, 0.15) is 524 Å². The van der Waals surface area contributed by atoms with Gasteiger partial charge >= 0.3 is 0 Å². The molecule has 0 aromatic carbocycles. The van der Waals surface area contributed by atoms with Crippen molar-refractivity contribution in [2.24, 2.45) is 89.2 Å². The van der Waals surface area contributed by atoms with E-state index in [1.807, 2.05) is 0 Å². The lowest BCUT2D eigenvalue weighted by molar-refractivity contribution is 0.117. The first-order valence-corrected chi connectivity index (χ1v) is 45.1. The smallest absolute Gasteiger partial charge is 0.0277 e. The Bertz CT molecular complexity index is 1880. The fraction of sp³-hybridized carbons (Fsp3) is 1.00. The third kappa shape index (κ3) is 31.4. The summed E-state index contributed by atoms with van der Waals surface area (Å²) in [4.78, 5) is 0. The van der Waals surface area contributed by atoms with E-state index in [4.69, 9.17) is 0 Å². The van der Waals surface area contributed by atoms with E-state index in [-0.39, 0.29) is 0 Å². The van der Waals surface area contributed by atoms with Gasteiger partial charge in [0.25, 0.3) is 0 Å². The maximum Gasteiger partial charge on any atom is -0.0277 e. The van der Waals surface area contributed by atoms with E-state index in [1.54, 1.807) is 0 Å². The van der Waals surface area contributed by atoms with E-state index >= 15 is 0 Å². The van der Waals surface area contributed by atoms with Crippen molar-refractivity contribution in [2.75, 3.05) is 0 Å². The molecular formula is C96H186. The molecule has 0 aliphatic heterocycles. The molecule has 0 spiro atoms. The maximum absolute atomic E-state index is 2.56. The molecule has 13 aliphatic carbocycles. The average Bonchev–Trinajstić information content (AvgIpc) is 2.34. The molecule has 0 heterocycles. The fourth-order valence-electron chi connectivity index (χ4n) is 21.8. The summed E-state index contributed by atoms with van der Waals surface area (Å²) in [7, 11) is 0. The van der Waals surface area contributed by atoms with Crippen LogP contribution in [0.3, 0.4) is 0 Å². The van der Waals surface area contributed by atoms with Crippen LogP contribution in [0, 0.1) is 89.2 Å². The van der Waals surface area contributed by atoms with Gasteiger partial charge in [-0.05, 0) is 256 Å². The largest absolute Gasteiger partial charge is 0.0649 e. The molecule has 13 saturated carbocycles. The minimum absolute atomic E-state index is 0.517. The average molecular weight is 1340 g/mol. The van der Waals surface area contributed by atoms with Crippen LogP contribution in [0.15, 0.2) is 0 Å². The summed E-state index contributed by atoms with van der Waals surface area (Å²) in [6.45, 7) is 50.5. The molecule has 0 nitrogen and oxygen atoms in total. The number of hydrogen-bond donors (Lipinski definition) is 0. The highest BCUT2D eigenvalue weighted by Gasteiger charge is 2.42. The molecule has 0 aromatic heterocycles. The van der Waals surface area contributed by atoms with Crippen molar-refractivity contribution in [1.82, 2.24) is 0 Å². The summed E-state index contributed by atoms with van der Waals surface area (Å²) in [5, 5.41) is 0. The summed E-state index contributed by atoms with van der Waals surface area (Å²) in [5.41, 5.74) is 7.65. The minimum Gasteiger partial charge on any atom is -0.0649 e. The Hall–Kier alpha value is 0. The summed E-state index contributed by atoms with van der Waals surface area (Å²) < 4.78 is 0. The van der Waals surface area contributed by atoms with Gasteiger partial charge in [-0.2, -0.15) is 0 Å². The number of rotatable bonds is 7. The van der Waals surface area contributed by atoms with Gasteiger partial charge in [0.2, 0.25) is 0 Å². The molecule has 0 bridgehead atoms. The zero-order chi connectivity index (χ0) is 71.1. The van der Waals surface area contributed by atoms with Gasteiger partial charge in [-0.3, -0.25) is 0 Å². The third-order valence-corrected chi connectivity index (χ3v) is 32.5. The van der Waals surface area contributed by atoms with Crippen molar-refractivity contribution in [1.29, 1.82) is 0 Å². The number of hydrogen-bond acceptors (Lipinski definition) is 0. The van der Waals surface area contributed by atoms with Gasteiger partial charge in [-0.1, -0.05) is 357 Å². The molecule has 0 aromatic rings. The zero-order valence-electron chi connectivity index (χ0n) is 71.1. The maximum atomic E-state index is 2.56. The van der Waals surface area contributed by atoms with Crippen molar-refractivity contribution < 1.29 is 0 Å². The van der Waals surface area contributed by atoms with E-state index in [0.717, 1.165) is 56.7 Å². The molecule has 13 fully saturated rings. The van der Waals surface area contributed by atoms with Crippen LogP contribution < -0.4 is 0 Å². The molecule has 0 N–H and O–H groups in total. The Morgan fingerprint density at radius 1 is 0.240 bits per heavy atom. The lowest BCUT2D eigenvalue weighted by Gasteiger charge is -2.39. The van der Waals surface area contributed by atoms with Crippen LogP contribution in [0.5, 0.6) is 0 Å². The summed E-state index contributed by atoms with van der Waals surface area (Å²) in [6.07, 6.45) is 87.7. The van der Waals surface area contributed by atoms with Crippen LogP contribution >= 0.6 is 0 Å². The van der Waals surface area contributed by atoms with Crippen LogP contribution in [0.2, 0.25) is 0 Å². The van der Waals surface area contributed by atoms with Gasteiger partial charge in [0.15, 0.2) is 0 Å². The highest BCUT2D eigenvalue weighted by Crippen LogP contribution is 2.54. The summed E-state index contributed by atoms with van der Waals surface area (Å²) in [6, 6.07) is 0. The van der Waals surface area contributed by atoms with E-state index in [0.29, 0.717) is 32.5 Å². The molecule has 0 heteroatoms. The van der Waals surface area contributed by atoms with Crippen molar-refractivity contribution >= 4 is 0 Å². The van der Waals surface area contributed by atoms with Crippen LogP contribution in [-0.2, 0) is 0 Å². The van der Waals surface area contributed by atoms with Gasteiger partial charge < -0.3 is 0 Å². The fourth-order valence-corrected chi connectivity index (χ4v) is 21.8. The Balaban J connectivity index is 0.000000228. The van der Waals surface area contributed by atoms with Crippen molar-refractivity contribution in [3.63, 3.8) is 0 Å². The third-order valence-electron chi connectivity index (χ3n) is 32.5. The summed E-state index contributed by atoms with van der Waals surface area (Å²) in [5.74, 6) is 5.06. The van der Waals surface area contributed by atoms with E-state index in [2.05, 4.69) is 145 Å². The quantitative estimate of drug-likeness (QED) is 0.238. The molecule has 0 unspecified atom stereocenters. The van der Waals surface area contributed by atoms with Gasteiger partial charge in [-0.15, -0.1) is 0 Å². The Morgan fingerprint density at radius 3 is 0.625 bits per heavy atom. The Kier molecular flexibility index (Phi) is 39.4. The molecule has 0 radical (unpaired) electrons. The van der Waals surface area contributed by atoms with Gasteiger partial charge in [-0.25, -0.2) is 0 Å². The SMILES string of the molecule is CC(C)(C)C1(C)CCCC1.CC(C)C1(C)CCCC1.CC(C)C1(C)CCCCC1.CC1(C)CCCC1.CC1(C)CCCCC1.CC1(C2CCCC2)CCCC1.CC1(C2CCCC2)CCCCC1.CC1(C2CCCCC2)CCCC1.CCC1(C)CCCC1.CCC1(C)CCCCC1. The second kappa shape index (κ2) is 42.8. The highest BCUT2D eigenvalue weighted by molar-refractivity contribution is 4.93. The highest BCUT2D eigenvalue weighted by atomic mass is 14.5. The van der Waals surface area contributed by atoms with E-state index in [1.165, 1.54) is 379 Å². The van der Waals surface area contributed by atoms with Crippen LogP contribution in [0.25, 0.3) is 0 Å². The van der Waals surface area contributed by atoms with Gasteiger partial charge in [0.05, 0.1) is 0 Å². The van der Waals surface area contributed by atoms with Crippen LogP contribution in [-0.4, -0.2) is 0 Å². The van der Waals surface area contributed by atoms with Crippen molar-refractivity contribution in [3.05, 3.63) is 0 Å². The molecule has 570 valence electrons. The second-order valence-corrected chi connectivity index (χ2v) is 42.8. The lowest BCUT2D eigenvalue weighted by atomic mass is 9.67. The van der Waals surface area contributed by atoms with Crippen molar-refractivity contribution in [2.45, 2.75) is 524 Å². The Labute approximate surface area is 609 Å². The minimum atomic E-state index is 0.517. The first-order valence-electron chi connectivity index (χ1n) is 45.1. The van der Waals surface area contributed by atoms with E-state index in [9.17, 15) is 0 Å². The van der Waals surface area contributed by atoms with E-state index < -0.39 is 0 Å². The predicted molar refractivity (Wildman–Crippen MR) is 436 cm³/mol. The van der Waals surface area contributed by atoms with Crippen LogP contribution in [0.4, 0.5) is 0 Å². The monoisotopic (exact) mass is 1340 g/mol. The molecule has 13 rings (SSSR count). The topological polar surface area (TPSA) is 0 Å². The molecule has 0 saturated heterocycles. The predicted octanol–water partition coefficient (Wildman–Crippen LogP) is 34.4. The molecule has 96 heavy (non-hydrogen) atoms. The Morgan fingerprint density at radius 2 is 0.427 bits per heavy atom. The molecule has 0 atom stereocenters. The van der Waals surface area contributed by atoms with Crippen molar-refractivity contribution in [3.8, 4) is 0 Å². The second-order valence-electron chi connectivity index (χ2n) is 42.8. The first kappa shape index (κ1) is 88.4. The van der Waals surface area contributed by atoms with Gasteiger partial charge in [0.1, 0.15) is 0 Å². The normalized spacial score (nSPS) is 27.9. The molecule has 13 aliphatic rings. The molecular weight excluding hydrogens is 1150 g/mol. The molecule has 0 amide bonds. The van der Waals surface area contributed by atoms with Gasteiger partial charge in [0, 0.05) is 0 Å².